The van der Waals surface area contributed by atoms with Crippen molar-refractivity contribution in [1.82, 2.24) is 14.6 Å². The minimum Gasteiger partial charge on any atom is -0.468 e. The molecule has 1 aliphatic heterocycles. The van der Waals surface area contributed by atoms with E-state index >= 15 is 0 Å². The number of thioether (sulfide) groups is 2. The first kappa shape index (κ1) is 14.0. The van der Waals surface area contributed by atoms with Crippen molar-refractivity contribution in [2.45, 2.75) is 12.2 Å². The van der Waals surface area contributed by atoms with Gasteiger partial charge in [0.2, 0.25) is 4.96 Å². The molecule has 0 saturated carbocycles. The summed E-state index contributed by atoms with van der Waals surface area (Å²) in [5.74, 6) is 1.28. The molecule has 0 fully saturated rings. The molecule has 9 heteroatoms. The predicted octanol–water partition coefficient (Wildman–Crippen LogP) is 3.24. The lowest BCUT2D eigenvalue weighted by Crippen LogP contribution is -2.21. The summed E-state index contributed by atoms with van der Waals surface area (Å²) in [6.45, 7) is 1.89. The van der Waals surface area contributed by atoms with Crippen LogP contribution in [0.15, 0.2) is 32.6 Å². The summed E-state index contributed by atoms with van der Waals surface area (Å²) in [6.07, 6.45) is 3.57. The van der Waals surface area contributed by atoms with E-state index in [0.717, 1.165) is 15.1 Å². The monoisotopic (exact) mass is 350 g/mol. The molecule has 112 valence electrons. The zero-order valence-corrected chi connectivity index (χ0v) is 14.1. The average molecular weight is 350 g/mol. The molecule has 3 aromatic heterocycles. The SMILES string of the molecule is CSC1=Nc2c(c(=O)nc3sc(C)nn23)[C@H](c2ccco2)S1. The summed E-state index contributed by atoms with van der Waals surface area (Å²) in [4.78, 5) is 21.8. The van der Waals surface area contributed by atoms with E-state index in [1.54, 1.807) is 22.5 Å². The molecule has 0 aromatic carbocycles. The standard InChI is InChI=1S/C13H10N4O2S3/c1-6-16-17-10-8(11(18)15-12(17)21-6)9(7-4-3-5-19-7)22-13(14-10)20-2/h3-5,9H,1-2H3/t9-/m0/s1. The summed E-state index contributed by atoms with van der Waals surface area (Å²) in [7, 11) is 0. The Kier molecular flexibility index (Phi) is 3.35. The highest BCUT2D eigenvalue weighted by atomic mass is 32.2. The van der Waals surface area contributed by atoms with Crippen LogP contribution in [0.25, 0.3) is 4.96 Å². The van der Waals surface area contributed by atoms with Crippen LogP contribution in [0.3, 0.4) is 0 Å². The number of rotatable bonds is 1. The maximum Gasteiger partial charge on any atom is 0.281 e. The molecule has 22 heavy (non-hydrogen) atoms. The quantitative estimate of drug-likeness (QED) is 0.671. The molecule has 0 bridgehead atoms. The van der Waals surface area contributed by atoms with Gasteiger partial charge in [-0.3, -0.25) is 4.79 Å². The number of hydrogen-bond donors (Lipinski definition) is 0. The first-order valence-electron chi connectivity index (χ1n) is 6.40. The molecule has 6 nitrogen and oxygen atoms in total. The van der Waals surface area contributed by atoms with Gasteiger partial charge in [0.05, 0.1) is 11.8 Å². The molecular formula is C13H10N4O2S3. The van der Waals surface area contributed by atoms with Crippen molar-refractivity contribution in [3.8, 4) is 0 Å². The zero-order chi connectivity index (χ0) is 15.3. The van der Waals surface area contributed by atoms with Crippen LogP contribution >= 0.6 is 34.9 Å². The van der Waals surface area contributed by atoms with Crippen LogP contribution in [0.5, 0.6) is 0 Å². The fraction of sp³-hybridized carbons (Fsp3) is 0.231. The summed E-state index contributed by atoms with van der Waals surface area (Å²) in [5, 5.41) is 5.02. The Balaban J connectivity index is 2.06. The zero-order valence-electron chi connectivity index (χ0n) is 11.6. The number of aliphatic imine (C=N–C) groups is 1. The molecule has 4 rings (SSSR count). The normalized spacial score (nSPS) is 17.5. The summed E-state index contributed by atoms with van der Waals surface area (Å²) in [5.41, 5.74) is 0.261. The first-order valence-corrected chi connectivity index (χ1v) is 9.32. The largest absolute Gasteiger partial charge is 0.468 e. The fourth-order valence-electron chi connectivity index (χ4n) is 2.29. The van der Waals surface area contributed by atoms with Gasteiger partial charge in [0, 0.05) is 0 Å². The molecule has 1 atom stereocenters. The summed E-state index contributed by atoms with van der Waals surface area (Å²) in [6, 6.07) is 3.68. The van der Waals surface area contributed by atoms with Crippen molar-refractivity contribution in [2.24, 2.45) is 4.99 Å². The molecule has 0 spiro atoms. The average Bonchev–Trinajstić information content (AvgIpc) is 3.15. The maximum atomic E-state index is 12.5. The minimum atomic E-state index is -0.267. The second kappa shape index (κ2) is 5.25. The van der Waals surface area contributed by atoms with E-state index in [9.17, 15) is 4.79 Å². The van der Waals surface area contributed by atoms with Gasteiger partial charge >= 0.3 is 0 Å². The van der Waals surface area contributed by atoms with Gasteiger partial charge in [-0.2, -0.15) is 14.6 Å². The van der Waals surface area contributed by atoms with E-state index < -0.39 is 0 Å². The predicted molar refractivity (Wildman–Crippen MR) is 90.6 cm³/mol. The maximum absolute atomic E-state index is 12.5. The van der Waals surface area contributed by atoms with E-state index in [1.807, 2.05) is 25.3 Å². The number of aromatic nitrogens is 3. The summed E-state index contributed by atoms with van der Waals surface area (Å²) < 4.78 is 8.05. The van der Waals surface area contributed by atoms with Gasteiger partial charge in [-0.05, 0) is 25.3 Å². The van der Waals surface area contributed by atoms with E-state index in [-0.39, 0.29) is 10.8 Å². The Morgan fingerprint density at radius 3 is 3.05 bits per heavy atom. The Hall–Kier alpha value is -1.58. The number of furan rings is 1. The molecule has 1 aliphatic rings. The lowest BCUT2D eigenvalue weighted by Gasteiger charge is -2.20. The van der Waals surface area contributed by atoms with Crippen LogP contribution in [-0.2, 0) is 0 Å². The van der Waals surface area contributed by atoms with E-state index in [4.69, 9.17) is 4.42 Å². The number of aryl methyl sites for hydroxylation is 1. The van der Waals surface area contributed by atoms with Crippen LogP contribution in [-0.4, -0.2) is 25.2 Å². The van der Waals surface area contributed by atoms with Gasteiger partial charge in [0.25, 0.3) is 5.56 Å². The minimum absolute atomic E-state index is 0.246. The van der Waals surface area contributed by atoms with Gasteiger partial charge in [-0.15, -0.1) is 11.8 Å². The second-order valence-corrected chi connectivity index (χ2v) is 7.87. The number of hydrogen-bond acceptors (Lipinski definition) is 8. The third kappa shape index (κ3) is 2.11. The lowest BCUT2D eigenvalue weighted by molar-refractivity contribution is 0.517. The van der Waals surface area contributed by atoms with E-state index in [0.29, 0.717) is 16.3 Å². The lowest BCUT2D eigenvalue weighted by atomic mass is 10.1. The second-order valence-electron chi connectivity index (χ2n) is 4.56. The van der Waals surface area contributed by atoms with Crippen LogP contribution in [0.1, 0.15) is 21.6 Å². The smallest absolute Gasteiger partial charge is 0.281 e. The molecule has 0 aliphatic carbocycles. The molecule has 3 aromatic rings. The molecule has 0 radical (unpaired) electrons. The topological polar surface area (TPSA) is 72.8 Å². The van der Waals surface area contributed by atoms with Gasteiger partial charge in [0.15, 0.2) is 5.82 Å². The van der Waals surface area contributed by atoms with E-state index in [1.165, 1.54) is 23.1 Å². The Morgan fingerprint density at radius 1 is 1.45 bits per heavy atom. The van der Waals surface area contributed by atoms with Crippen molar-refractivity contribution in [1.29, 1.82) is 0 Å². The Morgan fingerprint density at radius 2 is 2.32 bits per heavy atom. The highest BCUT2D eigenvalue weighted by molar-refractivity contribution is 8.38. The highest BCUT2D eigenvalue weighted by Gasteiger charge is 2.32. The van der Waals surface area contributed by atoms with Crippen molar-refractivity contribution < 1.29 is 4.42 Å². The fourth-order valence-corrected chi connectivity index (χ4v) is 4.78. The van der Waals surface area contributed by atoms with Crippen LogP contribution in [0.4, 0.5) is 5.82 Å². The Labute approximate surface area is 137 Å². The van der Waals surface area contributed by atoms with Crippen LogP contribution < -0.4 is 5.56 Å². The number of fused-ring (bicyclic) bond motifs is 3. The third-order valence-corrected chi connectivity index (χ3v) is 6.23. The van der Waals surface area contributed by atoms with Crippen LogP contribution in [0.2, 0.25) is 0 Å². The van der Waals surface area contributed by atoms with Gasteiger partial charge in [-0.25, -0.2) is 4.99 Å². The third-order valence-electron chi connectivity index (χ3n) is 3.18. The van der Waals surface area contributed by atoms with Gasteiger partial charge in [-0.1, -0.05) is 23.1 Å². The molecule has 0 N–H and O–H groups in total. The van der Waals surface area contributed by atoms with Crippen molar-refractivity contribution in [2.75, 3.05) is 6.26 Å². The Bertz CT molecular complexity index is 942. The van der Waals surface area contributed by atoms with Crippen molar-refractivity contribution in [3.05, 3.63) is 45.1 Å². The number of nitrogens with zero attached hydrogens (tertiary/aromatic N) is 4. The van der Waals surface area contributed by atoms with Gasteiger partial charge < -0.3 is 4.42 Å². The van der Waals surface area contributed by atoms with Crippen LogP contribution in [0, 0.1) is 6.92 Å². The molecule has 0 amide bonds. The molecule has 4 heterocycles. The molecular weight excluding hydrogens is 340 g/mol. The molecule has 0 saturated heterocycles. The highest BCUT2D eigenvalue weighted by Crippen LogP contribution is 2.45. The van der Waals surface area contributed by atoms with E-state index in [2.05, 4.69) is 15.1 Å². The summed E-state index contributed by atoms with van der Waals surface area (Å²) >= 11 is 4.43. The first-order chi connectivity index (χ1) is 10.7. The van der Waals surface area contributed by atoms with Crippen molar-refractivity contribution >= 4 is 50.0 Å². The van der Waals surface area contributed by atoms with Gasteiger partial charge in [0.1, 0.15) is 20.4 Å². The van der Waals surface area contributed by atoms with Crippen molar-refractivity contribution in [3.63, 3.8) is 0 Å². The molecule has 0 unspecified atom stereocenters.